The molecule has 2 aliphatic heterocycles. The molecule has 0 unspecified atom stereocenters. The van der Waals surface area contributed by atoms with E-state index < -0.39 is 11.7 Å². The fourth-order valence-corrected chi connectivity index (χ4v) is 3.77. The topological polar surface area (TPSA) is 29.5 Å². The molecule has 4 rings (SSSR count). The number of hydrogen-bond acceptors (Lipinski definition) is 2. The first-order valence-electron chi connectivity index (χ1n) is 6.66. The van der Waals surface area contributed by atoms with Crippen LogP contribution in [0.1, 0.15) is 24.8 Å². The maximum absolute atomic E-state index is 13.2. The largest absolute Gasteiger partial charge is 0.486 e. The lowest BCUT2D eigenvalue weighted by atomic mass is 10.0. The Morgan fingerprint density at radius 1 is 1.25 bits per heavy atom. The number of carbonyl (C=O) groups excluding carboxylic acids is 1. The molecule has 3 atom stereocenters. The molecule has 1 aliphatic carbocycles. The normalized spacial score (nSPS) is 31.1. The Balaban J connectivity index is 1.93. The van der Waals surface area contributed by atoms with Crippen molar-refractivity contribution in [2.45, 2.75) is 37.6 Å². The molecule has 1 aromatic rings. The van der Waals surface area contributed by atoms with E-state index in [-0.39, 0.29) is 35.4 Å². The van der Waals surface area contributed by atoms with Crippen LogP contribution in [0.4, 0.5) is 18.9 Å². The van der Waals surface area contributed by atoms with E-state index in [1.165, 1.54) is 17.0 Å². The van der Waals surface area contributed by atoms with Crippen molar-refractivity contribution in [3.8, 4) is 5.75 Å². The van der Waals surface area contributed by atoms with E-state index in [4.69, 9.17) is 4.74 Å². The first kappa shape index (κ1) is 12.1. The third kappa shape index (κ3) is 1.45. The zero-order valence-electron chi connectivity index (χ0n) is 10.5. The molecule has 106 valence electrons. The highest BCUT2D eigenvalue weighted by atomic mass is 19.4. The second-order valence-corrected chi connectivity index (χ2v) is 5.60. The highest BCUT2D eigenvalue weighted by Gasteiger charge is 2.55. The van der Waals surface area contributed by atoms with Crippen LogP contribution in [-0.4, -0.2) is 18.1 Å². The fraction of sp³-hybridized carbons (Fsp3) is 0.500. The molecule has 0 aromatic heterocycles. The molecule has 1 saturated heterocycles. The number of amides is 1. The van der Waals surface area contributed by atoms with Crippen LogP contribution in [0.3, 0.4) is 0 Å². The summed E-state index contributed by atoms with van der Waals surface area (Å²) >= 11 is 0. The second kappa shape index (κ2) is 3.68. The molecular weight excluding hydrogens is 271 g/mol. The lowest BCUT2D eigenvalue weighted by molar-refractivity contribution is -0.137. The number of anilines is 1. The van der Waals surface area contributed by atoms with Crippen molar-refractivity contribution >= 4 is 11.6 Å². The lowest BCUT2D eigenvalue weighted by Crippen LogP contribution is -2.47. The molecule has 1 aromatic carbocycles. The van der Waals surface area contributed by atoms with Gasteiger partial charge in [-0.15, -0.1) is 0 Å². The molecule has 3 nitrogen and oxygen atoms in total. The number of rotatable bonds is 0. The van der Waals surface area contributed by atoms with Gasteiger partial charge in [0.25, 0.3) is 0 Å². The van der Waals surface area contributed by atoms with Gasteiger partial charge in [-0.05, 0) is 30.9 Å². The molecule has 2 fully saturated rings. The number of halogens is 3. The van der Waals surface area contributed by atoms with Crippen LogP contribution < -0.4 is 9.64 Å². The summed E-state index contributed by atoms with van der Waals surface area (Å²) in [6, 6.07) is 3.63. The summed E-state index contributed by atoms with van der Waals surface area (Å²) in [6.07, 6.45) is -2.68. The number of nitrogens with zero attached hydrogens (tertiary/aromatic N) is 1. The minimum absolute atomic E-state index is 0.0874. The Kier molecular flexibility index (Phi) is 2.22. The molecule has 2 heterocycles. The number of para-hydroxylation sites is 1. The van der Waals surface area contributed by atoms with Gasteiger partial charge in [0.05, 0.1) is 17.3 Å². The van der Waals surface area contributed by atoms with E-state index in [0.29, 0.717) is 6.42 Å². The highest BCUT2D eigenvalue weighted by Crippen LogP contribution is 2.52. The van der Waals surface area contributed by atoms with Gasteiger partial charge in [0, 0.05) is 6.42 Å². The van der Waals surface area contributed by atoms with E-state index in [2.05, 4.69) is 0 Å². The number of ether oxygens (including phenoxy) is 1. The summed E-state index contributed by atoms with van der Waals surface area (Å²) in [5.41, 5.74) is -0.870. The van der Waals surface area contributed by atoms with E-state index in [1.807, 2.05) is 0 Å². The van der Waals surface area contributed by atoms with E-state index >= 15 is 0 Å². The molecule has 1 saturated carbocycles. The monoisotopic (exact) mass is 283 g/mol. The Labute approximate surface area is 113 Å². The van der Waals surface area contributed by atoms with Gasteiger partial charge in [0.1, 0.15) is 11.9 Å². The van der Waals surface area contributed by atoms with Crippen molar-refractivity contribution < 1.29 is 22.7 Å². The van der Waals surface area contributed by atoms with Crippen LogP contribution in [-0.2, 0) is 11.0 Å². The maximum Gasteiger partial charge on any atom is 0.418 e. The third-order valence-electron chi connectivity index (χ3n) is 4.51. The molecule has 6 heteroatoms. The molecule has 1 amide bonds. The molecule has 0 N–H and O–H groups in total. The predicted octanol–water partition coefficient (Wildman–Crippen LogP) is 2.98. The van der Waals surface area contributed by atoms with E-state index in [0.717, 1.165) is 18.9 Å². The third-order valence-corrected chi connectivity index (χ3v) is 4.51. The smallest absolute Gasteiger partial charge is 0.418 e. The van der Waals surface area contributed by atoms with Crippen molar-refractivity contribution in [2.24, 2.45) is 5.92 Å². The van der Waals surface area contributed by atoms with Gasteiger partial charge in [-0.25, -0.2) is 0 Å². The molecule has 0 spiro atoms. The molecule has 20 heavy (non-hydrogen) atoms. The van der Waals surface area contributed by atoms with Crippen molar-refractivity contribution in [3.63, 3.8) is 0 Å². The molecule has 0 bridgehead atoms. The van der Waals surface area contributed by atoms with Crippen LogP contribution in [0, 0.1) is 5.92 Å². The molecular formula is C14H12F3NO2. The van der Waals surface area contributed by atoms with Gasteiger partial charge in [-0.1, -0.05) is 6.07 Å². The van der Waals surface area contributed by atoms with Crippen molar-refractivity contribution in [1.29, 1.82) is 0 Å². The Hall–Kier alpha value is -1.72. The lowest BCUT2D eigenvalue weighted by Gasteiger charge is -2.37. The summed E-state index contributed by atoms with van der Waals surface area (Å²) in [6.45, 7) is 0. The Morgan fingerprint density at radius 3 is 2.80 bits per heavy atom. The molecule has 0 radical (unpaired) electrons. The van der Waals surface area contributed by atoms with Crippen LogP contribution in [0.25, 0.3) is 0 Å². The average Bonchev–Trinajstić information content (AvgIpc) is 2.91. The summed E-state index contributed by atoms with van der Waals surface area (Å²) in [4.78, 5) is 13.5. The van der Waals surface area contributed by atoms with Gasteiger partial charge in [-0.3, -0.25) is 4.79 Å². The van der Waals surface area contributed by atoms with Gasteiger partial charge >= 0.3 is 6.18 Å². The van der Waals surface area contributed by atoms with Gasteiger partial charge in [-0.2, -0.15) is 13.2 Å². The number of alkyl halides is 3. The van der Waals surface area contributed by atoms with Gasteiger partial charge in [0.15, 0.2) is 0 Å². The minimum Gasteiger partial charge on any atom is -0.486 e. The summed E-state index contributed by atoms with van der Waals surface area (Å²) in [5.74, 6) is 0.0878. The predicted molar refractivity (Wildman–Crippen MR) is 64.5 cm³/mol. The van der Waals surface area contributed by atoms with Crippen LogP contribution in [0.15, 0.2) is 18.2 Å². The van der Waals surface area contributed by atoms with Crippen LogP contribution in [0.5, 0.6) is 5.75 Å². The van der Waals surface area contributed by atoms with Crippen molar-refractivity contribution in [2.75, 3.05) is 4.90 Å². The number of fused-ring (bicyclic) bond motifs is 2. The number of hydrogen-bond donors (Lipinski definition) is 0. The Morgan fingerprint density at radius 2 is 2.05 bits per heavy atom. The van der Waals surface area contributed by atoms with Crippen LogP contribution in [0.2, 0.25) is 0 Å². The first-order chi connectivity index (χ1) is 9.47. The molecule has 3 aliphatic rings. The fourth-order valence-electron chi connectivity index (χ4n) is 3.77. The first-order valence-corrected chi connectivity index (χ1v) is 6.66. The zero-order valence-corrected chi connectivity index (χ0v) is 10.5. The number of carbonyl (C=O) groups is 1. The van der Waals surface area contributed by atoms with Gasteiger partial charge in [0.2, 0.25) is 5.91 Å². The quantitative estimate of drug-likeness (QED) is 0.732. The standard InChI is InChI=1S/C14H12F3NO2/c15-14(16,17)8-2-1-3-9-13(8)18-11(19)6-7-4-5-10(20-9)12(7)18/h1-3,7,10,12H,4-6H2/t7-,10-,12+/m1/s1. The number of benzene rings is 1. The van der Waals surface area contributed by atoms with Crippen molar-refractivity contribution in [1.82, 2.24) is 0 Å². The van der Waals surface area contributed by atoms with Gasteiger partial charge < -0.3 is 9.64 Å². The van der Waals surface area contributed by atoms with Crippen LogP contribution >= 0.6 is 0 Å². The highest BCUT2D eigenvalue weighted by molar-refractivity contribution is 6.00. The second-order valence-electron chi connectivity index (χ2n) is 5.60. The van der Waals surface area contributed by atoms with Crippen molar-refractivity contribution in [3.05, 3.63) is 23.8 Å². The Bertz CT molecular complexity index is 599. The van der Waals surface area contributed by atoms with E-state index in [1.54, 1.807) is 0 Å². The summed E-state index contributed by atoms with van der Waals surface area (Å²) < 4.78 is 45.3. The minimum atomic E-state index is -4.49. The van der Waals surface area contributed by atoms with E-state index in [9.17, 15) is 18.0 Å². The summed E-state index contributed by atoms with van der Waals surface area (Å²) in [7, 11) is 0. The SMILES string of the molecule is O=C1C[C@H]2CC[C@H]3Oc4cccc(C(F)(F)F)c4N1[C@@H]23. The average molecular weight is 283 g/mol. The summed E-state index contributed by atoms with van der Waals surface area (Å²) in [5, 5.41) is 0. The zero-order chi connectivity index (χ0) is 14.1. The maximum atomic E-state index is 13.2.